The number of unbranched alkanes of at least 4 members (excludes halogenated alkanes) is 7. The molecule has 4 N–H and O–H groups in total. The van der Waals surface area contributed by atoms with Crippen LogP contribution in [0.25, 0.3) is 21.9 Å². The van der Waals surface area contributed by atoms with E-state index in [0.717, 1.165) is 73.8 Å². The highest BCUT2D eigenvalue weighted by Crippen LogP contribution is 2.34. The van der Waals surface area contributed by atoms with E-state index in [1.807, 2.05) is 12.1 Å². The molecule has 0 saturated carbocycles. The fourth-order valence-corrected chi connectivity index (χ4v) is 5.87. The third-order valence-electron chi connectivity index (χ3n) is 7.96. The fourth-order valence-electron chi connectivity index (χ4n) is 5.71. The zero-order chi connectivity index (χ0) is 29.5. The molecule has 0 atom stereocenters. The minimum absolute atomic E-state index is 0. The molecule has 8 nitrogen and oxygen atoms in total. The van der Waals surface area contributed by atoms with Crippen molar-refractivity contribution in [2.24, 2.45) is 0 Å². The first kappa shape index (κ1) is 32.4. The van der Waals surface area contributed by atoms with Gasteiger partial charge in [-0.3, -0.25) is 14.6 Å². The fraction of sp³-hybridized carbons (Fsp3) is 0.424. The van der Waals surface area contributed by atoms with Crippen LogP contribution in [0.1, 0.15) is 86.0 Å². The third kappa shape index (κ3) is 8.12. The molecule has 1 amide bonds. The number of amides is 1. The summed E-state index contributed by atoms with van der Waals surface area (Å²) in [6.07, 6.45) is 13.4. The lowest BCUT2D eigenvalue weighted by Gasteiger charge is -2.22. The molecule has 2 aromatic heterocycles. The molecule has 4 aromatic rings. The Balaban J connectivity index is 0.00000423. The number of phenolic OH excluding ortho intramolecular Hbond substituents is 2. The second-order valence-electron chi connectivity index (χ2n) is 11.1. The second-order valence-corrected chi connectivity index (χ2v) is 11.5. The minimum atomic E-state index is -0.473. The molecule has 1 aliphatic rings. The number of phenols is 2. The Morgan fingerprint density at radius 3 is 2.30 bits per heavy atom. The van der Waals surface area contributed by atoms with Crippen molar-refractivity contribution >= 4 is 57.5 Å². The average Bonchev–Trinajstić information content (AvgIpc) is 2.97. The number of nitrogens with zero attached hydrogens (tertiary/aromatic N) is 1. The van der Waals surface area contributed by atoms with Crippen LogP contribution < -0.4 is 16.1 Å². The molecule has 43 heavy (non-hydrogen) atoms. The predicted molar refractivity (Wildman–Crippen MR) is 174 cm³/mol. The van der Waals surface area contributed by atoms with Gasteiger partial charge in [-0.05, 0) is 68.4 Å². The van der Waals surface area contributed by atoms with Crippen molar-refractivity contribution in [3.05, 3.63) is 68.7 Å². The number of aryl methyl sites for hydroxylation is 1. The van der Waals surface area contributed by atoms with E-state index in [4.69, 9.17) is 21.0 Å². The van der Waals surface area contributed by atoms with Gasteiger partial charge in [0.15, 0.2) is 22.7 Å². The highest BCUT2D eigenvalue weighted by atomic mass is 35.5. The Morgan fingerprint density at radius 1 is 0.860 bits per heavy atom. The lowest BCUT2D eigenvalue weighted by atomic mass is 9.92. The largest absolute Gasteiger partial charge is 0.504 e. The van der Waals surface area contributed by atoms with Crippen LogP contribution >= 0.6 is 24.0 Å². The number of aromatic nitrogens is 1. The molecule has 0 radical (unpaired) electrons. The number of anilines is 1. The number of carbonyl (C=O) groups excluding carboxylic acids is 1. The predicted octanol–water partition coefficient (Wildman–Crippen LogP) is 7.67. The van der Waals surface area contributed by atoms with Crippen LogP contribution in [0.2, 0.25) is 5.02 Å². The van der Waals surface area contributed by atoms with Crippen molar-refractivity contribution < 1.29 is 19.4 Å². The Bertz CT molecular complexity index is 1640. The van der Waals surface area contributed by atoms with E-state index in [1.54, 1.807) is 0 Å². The molecule has 0 aliphatic heterocycles. The van der Waals surface area contributed by atoms with Crippen LogP contribution in [0.4, 0.5) is 5.69 Å². The molecule has 0 fully saturated rings. The Kier molecular flexibility index (Phi) is 11.5. The van der Waals surface area contributed by atoms with E-state index in [-0.39, 0.29) is 29.1 Å². The first-order valence-electron chi connectivity index (χ1n) is 15.0. The SMILES string of the molecule is Cl.O=C(NCCCCCCCCCCNc1c2c(nc3cc(Cl)ccc13)CCCC2)c1cc(=O)c2cc(O)c(O)cc2o1. The van der Waals surface area contributed by atoms with Gasteiger partial charge in [-0.2, -0.15) is 0 Å². The highest BCUT2D eigenvalue weighted by Gasteiger charge is 2.18. The number of rotatable bonds is 13. The summed E-state index contributed by atoms with van der Waals surface area (Å²) >= 11 is 6.24. The molecular formula is C33H39Cl2N3O5. The molecule has 0 bridgehead atoms. The van der Waals surface area contributed by atoms with Gasteiger partial charge in [-0.25, -0.2) is 0 Å². The first-order chi connectivity index (χ1) is 20.4. The monoisotopic (exact) mass is 627 g/mol. The molecule has 0 unspecified atom stereocenters. The summed E-state index contributed by atoms with van der Waals surface area (Å²) in [7, 11) is 0. The number of aromatic hydroxyl groups is 2. The van der Waals surface area contributed by atoms with E-state index in [0.29, 0.717) is 6.54 Å². The van der Waals surface area contributed by atoms with Gasteiger partial charge in [0.1, 0.15) is 5.58 Å². The summed E-state index contributed by atoms with van der Waals surface area (Å²) in [6, 6.07) is 9.37. The van der Waals surface area contributed by atoms with E-state index >= 15 is 0 Å². The van der Waals surface area contributed by atoms with Crippen LogP contribution in [0.15, 0.2) is 45.6 Å². The summed E-state index contributed by atoms with van der Waals surface area (Å²) in [5, 5.41) is 27.7. The zero-order valence-corrected chi connectivity index (χ0v) is 25.8. The van der Waals surface area contributed by atoms with Gasteiger partial charge >= 0.3 is 0 Å². The highest BCUT2D eigenvalue weighted by molar-refractivity contribution is 6.31. The number of pyridine rings is 1. The smallest absolute Gasteiger partial charge is 0.287 e. The van der Waals surface area contributed by atoms with Gasteiger partial charge in [0.25, 0.3) is 5.91 Å². The normalized spacial score (nSPS) is 12.6. The number of hydrogen-bond acceptors (Lipinski definition) is 7. The van der Waals surface area contributed by atoms with Gasteiger partial charge in [-0.1, -0.05) is 50.1 Å². The Hall–Kier alpha value is -3.49. The summed E-state index contributed by atoms with van der Waals surface area (Å²) in [5.74, 6) is -1.42. The van der Waals surface area contributed by atoms with Gasteiger partial charge in [-0.15, -0.1) is 12.4 Å². The van der Waals surface area contributed by atoms with Crippen molar-refractivity contribution in [2.75, 3.05) is 18.4 Å². The van der Waals surface area contributed by atoms with E-state index in [2.05, 4.69) is 16.7 Å². The molecule has 5 rings (SSSR count). The van der Waals surface area contributed by atoms with Gasteiger partial charge in [0.05, 0.1) is 10.9 Å². The summed E-state index contributed by atoms with van der Waals surface area (Å²) < 4.78 is 5.47. The molecular weight excluding hydrogens is 589 g/mol. The Morgan fingerprint density at radius 2 is 1.53 bits per heavy atom. The third-order valence-corrected chi connectivity index (χ3v) is 8.20. The number of benzene rings is 2. The van der Waals surface area contributed by atoms with Crippen molar-refractivity contribution in [2.45, 2.75) is 77.0 Å². The zero-order valence-electron chi connectivity index (χ0n) is 24.2. The standard InChI is InChI=1S/C33H38ClN3O5.ClH/c34-21-13-14-23-26(17-21)37-25-12-8-7-11-22(25)32(23)35-15-9-5-3-1-2-4-6-10-16-36-33(41)31-19-27(38)24-18-28(39)29(40)20-30(24)42-31;/h13-14,17-20,39-40H,1-12,15-16H2,(H,35,37)(H,36,41);1H. The quantitative estimate of drug-likeness (QED) is 0.0885. The van der Waals surface area contributed by atoms with Crippen LogP contribution in [0.3, 0.4) is 0 Å². The van der Waals surface area contributed by atoms with Crippen LogP contribution in [-0.2, 0) is 12.8 Å². The summed E-state index contributed by atoms with van der Waals surface area (Å²) in [5.41, 5.74) is 4.43. The molecule has 2 aromatic carbocycles. The number of halogens is 2. The lowest BCUT2D eigenvalue weighted by molar-refractivity contribution is 0.0925. The average molecular weight is 629 g/mol. The molecule has 0 saturated heterocycles. The van der Waals surface area contributed by atoms with Crippen LogP contribution in [-0.4, -0.2) is 34.2 Å². The van der Waals surface area contributed by atoms with Gasteiger partial charge in [0.2, 0.25) is 0 Å². The van der Waals surface area contributed by atoms with Crippen LogP contribution in [0, 0.1) is 0 Å². The topological polar surface area (TPSA) is 125 Å². The summed E-state index contributed by atoms with van der Waals surface area (Å²) in [4.78, 5) is 29.6. The van der Waals surface area contributed by atoms with Crippen molar-refractivity contribution in [3.8, 4) is 11.5 Å². The van der Waals surface area contributed by atoms with Crippen molar-refractivity contribution in [1.29, 1.82) is 0 Å². The molecule has 1 aliphatic carbocycles. The van der Waals surface area contributed by atoms with E-state index in [9.17, 15) is 19.8 Å². The van der Waals surface area contributed by atoms with Gasteiger partial charge < -0.3 is 25.3 Å². The van der Waals surface area contributed by atoms with Crippen molar-refractivity contribution in [1.82, 2.24) is 10.3 Å². The minimum Gasteiger partial charge on any atom is -0.504 e. The van der Waals surface area contributed by atoms with Crippen LogP contribution in [0.5, 0.6) is 11.5 Å². The number of carbonyl (C=O) groups is 1. The van der Waals surface area contributed by atoms with E-state index in [1.165, 1.54) is 60.9 Å². The maximum Gasteiger partial charge on any atom is 0.287 e. The molecule has 10 heteroatoms. The summed E-state index contributed by atoms with van der Waals surface area (Å²) in [6.45, 7) is 1.45. The second kappa shape index (κ2) is 15.3. The molecule has 2 heterocycles. The number of nitrogens with one attached hydrogen (secondary N) is 2. The maximum absolute atomic E-state index is 12.4. The van der Waals surface area contributed by atoms with Gasteiger partial charge in [0, 0.05) is 47.0 Å². The maximum atomic E-state index is 12.4. The number of fused-ring (bicyclic) bond motifs is 3. The van der Waals surface area contributed by atoms with Crippen molar-refractivity contribution in [3.63, 3.8) is 0 Å². The molecule has 0 spiro atoms. The van der Waals surface area contributed by atoms with E-state index < -0.39 is 22.8 Å². The lowest BCUT2D eigenvalue weighted by Crippen LogP contribution is -2.25. The Labute approximate surface area is 262 Å². The first-order valence-corrected chi connectivity index (χ1v) is 15.4. The number of hydrogen-bond donors (Lipinski definition) is 4. The molecule has 230 valence electrons.